The Kier molecular flexibility index (Phi) is 5.52. The summed E-state index contributed by atoms with van der Waals surface area (Å²) in [5, 5.41) is 7.48. The van der Waals surface area contributed by atoms with Crippen molar-refractivity contribution in [2.24, 2.45) is 0 Å². The molecule has 9 heteroatoms. The minimum Gasteiger partial charge on any atom is -0.348 e. The van der Waals surface area contributed by atoms with E-state index in [0.29, 0.717) is 55.1 Å². The molecule has 1 unspecified atom stereocenters. The third-order valence-electron chi connectivity index (χ3n) is 5.41. The maximum Gasteiger partial charge on any atom is 0.345 e. The van der Waals surface area contributed by atoms with E-state index < -0.39 is 0 Å². The predicted molar refractivity (Wildman–Crippen MR) is 110 cm³/mol. The van der Waals surface area contributed by atoms with Crippen LogP contribution in [0.25, 0.3) is 11.4 Å². The van der Waals surface area contributed by atoms with Crippen molar-refractivity contribution < 1.29 is 9.18 Å². The second-order valence-electron chi connectivity index (χ2n) is 7.64. The molecule has 4 rings (SSSR count). The summed E-state index contributed by atoms with van der Waals surface area (Å²) in [6.07, 6.45) is 2.86. The second-order valence-corrected chi connectivity index (χ2v) is 7.64. The molecule has 3 heterocycles. The number of hydrogen-bond acceptors (Lipinski definition) is 4. The Hall–Kier alpha value is -3.23. The third-order valence-corrected chi connectivity index (χ3v) is 5.41. The number of aromatic nitrogens is 5. The number of H-pyrrole nitrogens is 1. The van der Waals surface area contributed by atoms with Crippen LogP contribution in [0.2, 0.25) is 0 Å². The molecule has 0 radical (unpaired) electrons. The van der Waals surface area contributed by atoms with E-state index in [1.807, 2.05) is 6.92 Å². The van der Waals surface area contributed by atoms with Crippen molar-refractivity contribution >= 4 is 5.91 Å². The lowest BCUT2D eigenvalue weighted by Gasteiger charge is -2.15. The van der Waals surface area contributed by atoms with Gasteiger partial charge < -0.3 is 10.3 Å². The summed E-state index contributed by atoms with van der Waals surface area (Å²) in [7, 11) is 0. The van der Waals surface area contributed by atoms with Gasteiger partial charge >= 0.3 is 5.69 Å². The number of aryl methyl sites for hydroxylation is 3. The van der Waals surface area contributed by atoms with Crippen molar-refractivity contribution in [3.63, 3.8) is 0 Å². The number of rotatable bonds is 5. The first-order valence-electron chi connectivity index (χ1n) is 10.3. The van der Waals surface area contributed by atoms with Crippen molar-refractivity contribution in [1.82, 2.24) is 29.6 Å². The first-order chi connectivity index (χ1) is 14.5. The van der Waals surface area contributed by atoms with E-state index >= 15 is 0 Å². The molecule has 1 aliphatic heterocycles. The second kappa shape index (κ2) is 8.25. The van der Waals surface area contributed by atoms with Crippen LogP contribution in [0.3, 0.4) is 0 Å². The Balaban J connectivity index is 1.44. The number of aromatic amines is 1. The van der Waals surface area contributed by atoms with Crippen LogP contribution in [0.15, 0.2) is 29.1 Å². The smallest absolute Gasteiger partial charge is 0.345 e. The number of carbonyl (C=O) groups excluding carboxylic acids is 1. The van der Waals surface area contributed by atoms with Gasteiger partial charge in [-0.1, -0.05) is 6.92 Å². The Morgan fingerprint density at radius 3 is 2.80 bits per heavy atom. The van der Waals surface area contributed by atoms with Crippen molar-refractivity contribution in [3.8, 4) is 11.4 Å². The lowest BCUT2D eigenvalue weighted by Crippen LogP contribution is -2.36. The first-order valence-corrected chi connectivity index (χ1v) is 10.3. The molecule has 1 atom stereocenters. The summed E-state index contributed by atoms with van der Waals surface area (Å²) in [6, 6.07) is 5.89. The number of hydrogen-bond donors (Lipinski definition) is 2. The van der Waals surface area contributed by atoms with E-state index in [2.05, 4.69) is 20.4 Å². The summed E-state index contributed by atoms with van der Waals surface area (Å²) >= 11 is 0. The average Bonchev–Trinajstić information content (AvgIpc) is 3.18. The van der Waals surface area contributed by atoms with Gasteiger partial charge in [0, 0.05) is 36.8 Å². The molecule has 8 nitrogen and oxygen atoms in total. The van der Waals surface area contributed by atoms with Crippen LogP contribution in [0.4, 0.5) is 4.39 Å². The van der Waals surface area contributed by atoms with Crippen molar-refractivity contribution in [2.45, 2.75) is 58.7 Å². The van der Waals surface area contributed by atoms with E-state index in [1.165, 1.54) is 16.8 Å². The van der Waals surface area contributed by atoms with Crippen LogP contribution < -0.4 is 11.0 Å². The lowest BCUT2D eigenvalue weighted by molar-refractivity contribution is 0.0927. The van der Waals surface area contributed by atoms with Crippen LogP contribution >= 0.6 is 0 Å². The molecule has 30 heavy (non-hydrogen) atoms. The minimum absolute atomic E-state index is 0.0661. The van der Waals surface area contributed by atoms with Gasteiger partial charge in [0.2, 0.25) is 0 Å². The molecule has 0 bridgehead atoms. The number of imidazole rings is 1. The number of nitrogens with one attached hydrogen (secondary N) is 2. The molecule has 2 aromatic heterocycles. The molecule has 158 valence electrons. The van der Waals surface area contributed by atoms with Gasteiger partial charge in [-0.2, -0.15) is 5.10 Å². The van der Waals surface area contributed by atoms with Crippen molar-refractivity contribution in [2.75, 3.05) is 0 Å². The van der Waals surface area contributed by atoms with E-state index in [1.54, 1.807) is 23.6 Å². The third kappa shape index (κ3) is 3.92. The fourth-order valence-electron chi connectivity index (χ4n) is 3.81. The summed E-state index contributed by atoms with van der Waals surface area (Å²) in [4.78, 5) is 32.8. The molecule has 0 saturated heterocycles. The maximum atomic E-state index is 13.1. The summed E-state index contributed by atoms with van der Waals surface area (Å²) in [6.45, 7) is 4.95. The molecular formula is C21H25FN6O2. The van der Waals surface area contributed by atoms with Gasteiger partial charge in [0.1, 0.15) is 23.2 Å². The number of nitrogens with zero attached hydrogens (tertiary/aromatic N) is 4. The topological polar surface area (TPSA) is 97.6 Å². The molecule has 1 amide bonds. The van der Waals surface area contributed by atoms with Gasteiger partial charge in [0.15, 0.2) is 0 Å². The van der Waals surface area contributed by atoms with Crippen LogP contribution in [0.5, 0.6) is 0 Å². The highest BCUT2D eigenvalue weighted by Crippen LogP contribution is 2.19. The summed E-state index contributed by atoms with van der Waals surface area (Å²) < 4.78 is 16.4. The van der Waals surface area contributed by atoms with Crippen molar-refractivity contribution in [1.29, 1.82) is 0 Å². The zero-order valence-electron chi connectivity index (χ0n) is 17.1. The fourth-order valence-corrected chi connectivity index (χ4v) is 3.81. The molecule has 1 aromatic carbocycles. The Morgan fingerprint density at radius 1 is 1.30 bits per heavy atom. The largest absolute Gasteiger partial charge is 0.348 e. The highest BCUT2D eigenvalue weighted by Gasteiger charge is 2.24. The summed E-state index contributed by atoms with van der Waals surface area (Å²) in [5.74, 6) is 0.717. The SMILES string of the molecule is CCCn1nc2n(c1=O)CCC(NC(=O)c1nc(-c3ccc(F)cc3)[nH]c1C)CC2. The monoisotopic (exact) mass is 412 g/mol. The fraction of sp³-hybridized carbons (Fsp3) is 0.429. The van der Waals surface area contributed by atoms with Gasteiger partial charge in [-0.3, -0.25) is 9.36 Å². The predicted octanol–water partition coefficient (Wildman–Crippen LogP) is 2.43. The van der Waals surface area contributed by atoms with E-state index in [-0.39, 0.29) is 23.5 Å². The highest BCUT2D eigenvalue weighted by molar-refractivity contribution is 5.94. The average molecular weight is 412 g/mol. The molecule has 3 aromatic rings. The standard InChI is InChI=1S/C21H25FN6O2/c1-3-11-28-21(30)27-12-10-16(8-9-17(27)26-28)24-20(29)18-13(2)23-19(25-18)14-4-6-15(22)7-5-14/h4-7,16H,3,8-12H2,1-2H3,(H,23,25)(H,24,29). The van der Waals surface area contributed by atoms with Crippen LogP contribution in [-0.4, -0.2) is 36.3 Å². The number of amides is 1. The molecule has 0 saturated carbocycles. The Labute approximate surface area is 173 Å². The molecular weight excluding hydrogens is 387 g/mol. The van der Waals surface area contributed by atoms with Crippen LogP contribution in [0.1, 0.15) is 48.2 Å². The van der Waals surface area contributed by atoms with Gasteiger partial charge in [-0.05, 0) is 50.5 Å². The van der Waals surface area contributed by atoms with Gasteiger partial charge in [-0.25, -0.2) is 18.9 Å². The molecule has 0 fully saturated rings. The van der Waals surface area contributed by atoms with E-state index in [9.17, 15) is 14.0 Å². The maximum absolute atomic E-state index is 13.1. The van der Waals surface area contributed by atoms with Gasteiger partial charge in [0.25, 0.3) is 5.91 Å². The number of carbonyl (C=O) groups is 1. The summed E-state index contributed by atoms with van der Waals surface area (Å²) in [5.41, 5.74) is 1.60. The number of benzene rings is 1. The first kappa shape index (κ1) is 20.1. The van der Waals surface area contributed by atoms with E-state index in [0.717, 1.165) is 12.2 Å². The van der Waals surface area contributed by atoms with Crippen molar-refractivity contribution in [3.05, 3.63) is 57.8 Å². The zero-order valence-corrected chi connectivity index (χ0v) is 17.1. The number of halogens is 1. The number of fused-ring (bicyclic) bond motifs is 1. The van der Waals surface area contributed by atoms with E-state index in [4.69, 9.17) is 0 Å². The highest BCUT2D eigenvalue weighted by atomic mass is 19.1. The zero-order chi connectivity index (χ0) is 21.3. The van der Waals surface area contributed by atoms with Gasteiger partial charge in [0.05, 0.1) is 0 Å². The minimum atomic E-state index is -0.324. The van der Waals surface area contributed by atoms with Crippen LogP contribution in [0, 0.1) is 12.7 Å². The van der Waals surface area contributed by atoms with Crippen LogP contribution in [-0.2, 0) is 19.5 Å². The molecule has 2 N–H and O–H groups in total. The lowest BCUT2D eigenvalue weighted by atomic mass is 10.1. The quantitative estimate of drug-likeness (QED) is 0.673. The Bertz CT molecular complexity index is 1110. The normalized spacial score (nSPS) is 16.2. The molecule has 0 spiro atoms. The molecule has 0 aliphatic carbocycles. The Morgan fingerprint density at radius 2 is 2.07 bits per heavy atom. The molecule has 1 aliphatic rings. The van der Waals surface area contributed by atoms with Gasteiger partial charge in [-0.15, -0.1) is 0 Å².